The fourth-order valence-corrected chi connectivity index (χ4v) is 4.98. The number of nitrogens with zero attached hydrogens (tertiary/aromatic N) is 1. The molecule has 1 heterocycles. The SMILES string of the molecule is CC(C)NC(O)c1ccc2c(c1)[C@]1(CCO2)C[C@H]1C(=O)Nc1cc(C#N)ccc1CCCC(=O)O. The summed E-state index contributed by atoms with van der Waals surface area (Å²) in [6.45, 7) is 4.45. The zero-order valence-electron chi connectivity index (χ0n) is 20.0. The molecule has 8 nitrogen and oxygen atoms in total. The van der Waals surface area contributed by atoms with Crippen LogP contribution in [0.3, 0.4) is 0 Å². The van der Waals surface area contributed by atoms with Crippen molar-refractivity contribution in [1.29, 1.82) is 5.26 Å². The van der Waals surface area contributed by atoms with Crippen molar-refractivity contribution in [2.24, 2.45) is 5.92 Å². The Morgan fingerprint density at radius 1 is 1.26 bits per heavy atom. The number of nitriles is 1. The second-order valence-corrected chi connectivity index (χ2v) is 9.71. The van der Waals surface area contributed by atoms with E-state index in [0.717, 1.165) is 22.4 Å². The second kappa shape index (κ2) is 10.1. The van der Waals surface area contributed by atoms with Gasteiger partial charge in [-0.3, -0.25) is 14.9 Å². The molecule has 184 valence electrons. The van der Waals surface area contributed by atoms with Gasteiger partial charge in [-0.05, 0) is 74.9 Å². The summed E-state index contributed by atoms with van der Waals surface area (Å²) in [5.41, 5.74) is 3.13. The second-order valence-electron chi connectivity index (χ2n) is 9.71. The molecule has 4 rings (SSSR count). The number of anilines is 1. The van der Waals surface area contributed by atoms with Crippen molar-refractivity contribution >= 4 is 17.6 Å². The molecule has 1 aliphatic heterocycles. The minimum Gasteiger partial charge on any atom is -0.493 e. The normalized spacial score (nSPS) is 21.1. The van der Waals surface area contributed by atoms with Gasteiger partial charge in [0, 0.05) is 35.0 Å². The average Bonchev–Trinajstić information content (AvgIpc) is 3.54. The van der Waals surface area contributed by atoms with E-state index in [1.165, 1.54) is 0 Å². The van der Waals surface area contributed by atoms with Gasteiger partial charge in [0.1, 0.15) is 12.0 Å². The molecule has 8 heteroatoms. The summed E-state index contributed by atoms with van der Waals surface area (Å²) in [7, 11) is 0. The number of carbonyl (C=O) groups excluding carboxylic acids is 1. The third-order valence-corrected chi connectivity index (χ3v) is 6.88. The molecule has 35 heavy (non-hydrogen) atoms. The van der Waals surface area contributed by atoms with Crippen LogP contribution in [-0.4, -0.2) is 34.7 Å². The number of ether oxygens (including phenoxy) is 1. The van der Waals surface area contributed by atoms with Crippen molar-refractivity contribution in [3.05, 3.63) is 58.7 Å². The molecule has 3 atom stereocenters. The maximum absolute atomic E-state index is 13.4. The van der Waals surface area contributed by atoms with Gasteiger partial charge in [0.15, 0.2) is 0 Å². The molecule has 1 unspecified atom stereocenters. The minimum absolute atomic E-state index is 0.0375. The lowest BCUT2D eigenvalue weighted by molar-refractivity contribution is -0.137. The van der Waals surface area contributed by atoms with Crippen LogP contribution in [0.5, 0.6) is 5.75 Å². The van der Waals surface area contributed by atoms with Crippen molar-refractivity contribution in [3.8, 4) is 11.8 Å². The summed E-state index contributed by atoms with van der Waals surface area (Å²) in [6, 6.07) is 12.9. The van der Waals surface area contributed by atoms with Crippen LogP contribution in [0.15, 0.2) is 36.4 Å². The van der Waals surface area contributed by atoms with E-state index < -0.39 is 12.2 Å². The van der Waals surface area contributed by atoms with E-state index in [0.29, 0.717) is 43.5 Å². The summed E-state index contributed by atoms with van der Waals surface area (Å²) >= 11 is 0. The number of benzene rings is 2. The van der Waals surface area contributed by atoms with E-state index in [1.54, 1.807) is 18.2 Å². The standard InChI is InChI=1S/C27H31N3O5/c1-16(2)29-25(33)19-8-9-23-20(13-19)27(10-11-35-23)14-21(27)26(34)30-22-12-17(15-28)6-7-18(22)4-3-5-24(31)32/h6-9,12-13,16,21,25,29,33H,3-5,10-11,14H2,1-2H3,(H,30,34)(H,31,32)/t21-,25?,27-/m0/s1. The van der Waals surface area contributed by atoms with Gasteiger partial charge in [-0.1, -0.05) is 12.1 Å². The molecule has 1 spiro atoms. The molecule has 4 N–H and O–H groups in total. The Labute approximate surface area is 204 Å². The largest absolute Gasteiger partial charge is 0.493 e. The van der Waals surface area contributed by atoms with Gasteiger partial charge in [0.2, 0.25) is 5.91 Å². The zero-order valence-corrected chi connectivity index (χ0v) is 20.0. The van der Waals surface area contributed by atoms with Crippen LogP contribution >= 0.6 is 0 Å². The Morgan fingerprint density at radius 3 is 2.77 bits per heavy atom. The van der Waals surface area contributed by atoms with Gasteiger partial charge in [-0.25, -0.2) is 0 Å². The molecule has 1 amide bonds. The fourth-order valence-electron chi connectivity index (χ4n) is 4.98. The van der Waals surface area contributed by atoms with Gasteiger partial charge in [0.05, 0.1) is 18.2 Å². The molecule has 0 radical (unpaired) electrons. The molecule has 0 aromatic heterocycles. The summed E-state index contributed by atoms with van der Waals surface area (Å²) in [5, 5.41) is 34.9. The molecule has 0 bridgehead atoms. The van der Waals surface area contributed by atoms with E-state index in [1.807, 2.05) is 32.0 Å². The molecule has 1 saturated carbocycles. The number of amides is 1. The van der Waals surface area contributed by atoms with Crippen molar-refractivity contribution < 1.29 is 24.5 Å². The minimum atomic E-state index is -0.865. The number of fused-ring (bicyclic) bond motifs is 2. The zero-order chi connectivity index (χ0) is 25.2. The number of carboxylic acids is 1. The fraction of sp³-hybridized carbons (Fsp3) is 0.444. The summed E-state index contributed by atoms with van der Waals surface area (Å²) in [5.74, 6) is -0.504. The first-order valence-corrected chi connectivity index (χ1v) is 12.0. The van der Waals surface area contributed by atoms with Crippen LogP contribution in [-0.2, 0) is 21.4 Å². The number of carbonyl (C=O) groups is 2. The number of nitrogens with one attached hydrogen (secondary N) is 2. The smallest absolute Gasteiger partial charge is 0.303 e. The predicted molar refractivity (Wildman–Crippen MR) is 130 cm³/mol. The van der Waals surface area contributed by atoms with Crippen LogP contribution in [0.2, 0.25) is 0 Å². The van der Waals surface area contributed by atoms with Crippen molar-refractivity contribution in [2.45, 2.75) is 63.6 Å². The first kappa shape index (κ1) is 24.7. The molecule has 1 fully saturated rings. The van der Waals surface area contributed by atoms with Crippen LogP contribution in [0.25, 0.3) is 0 Å². The number of rotatable bonds is 9. The van der Waals surface area contributed by atoms with Gasteiger partial charge in [-0.2, -0.15) is 5.26 Å². The first-order valence-electron chi connectivity index (χ1n) is 12.0. The van der Waals surface area contributed by atoms with Crippen molar-refractivity contribution in [3.63, 3.8) is 0 Å². The Bertz CT molecular complexity index is 1170. The third-order valence-electron chi connectivity index (χ3n) is 6.88. The number of aliphatic hydroxyl groups excluding tert-OH is 1. The topological polar surface area (TPSA) is 132 Å². The van der Waals surface area contributed by atoms with Gasteiger partial charge >= 0.3 is 5.97 Å². The summed E-state index contributed by atoms with van der Waals surface area (Å²) in [4.78, 5) is 24.3. The molecular weight excluding hydrogens is 446 g/mol. The molecule has 1 aliphatic carbocycles. The summed E-state index contributed by atoms with van der Waals surface area (Å²) < 4.78 is 5.86. The van der Waals surface area contributed by atoms with Crippen LogP contribution in [0.1, 0.15) is 68.0 Å². The summed E-state index contributed by atoms with van der Waals surface area (Å²) in [6.07, 6.45) is 1.54. The monoisotopic (exact) mass is 477 g/mol. The van der Waals surface area contributed by atoms with Crippen molar-refractivity contribution in [1.82, 2.24) is 5.32 Å². The van der Waals surface area contributed by atoms with E-state index in [2.05, 4.69) is 16.7 Å². The lowest BCUT2D eigenvalue weighted by Crippen LogP contribution is -2.29. The number of aliphatic hydroxyl groups is 1. The maximum Gasteiger partial charge on any atom is 0.303 e. The Morgan fingerprint density at radius 2 is 2.06 bits per heavy atom. The van der Waals surface area contributed by atoms with Crippen LogP contribution in [0.4, 0.5) is 5.69 Å². The first-order chi connectivity index (χ1) is 16.7. The number of aliphatic carboxylic acids is 1. The lowest BCUT2D eigenvalue weighted by Gasteiger charge is -2.28. The highest BCUT2D eigenvalue weighted by Gasteiger charge is 2.61. The number of carboxylic acid groups (broad SMARTS) is 1. The lowest BCUT2D eigenvalue weighted by atomic mass is 9.86. The molecular formula is C27H31N3O5. The number of hydrogen-bond acceptors (Lipinski definition) is 6. The highest BCUT2D eigenvalue weighted by molar-refractivity contribution is 5.97. The highest BCUT2D eigenvalue weighted by Crippen LogP contribution is 2.61. The van der Waals surface area contributed by atoms with Gasteiger partial charge in [0.25, 0.3) is 0 Å². The molecule has 0 saturated heterocycles. The van der Waals surface area contributed by atoms with Crippen LogP contribution < -0.4 is 15.4 Å². The third kappa shape index (κ3) is 5.31. The quantitative estimate of drug-likeness (QED) is 0.406. The Balaban J connectivity index is 1.54. The van der Waals surface area contributed by atoms with E-state index in [4.69, 9.17) is 9.84 Å². The van der Waals surface area contributed by atoms with Gasteiger partial charge < -0.3 is 20.3 Å². The maximum atomic E-state index is 13.4. The van der Waals surface area contributed by atoms with E-state index in [9.17, 15) is 20.0 Å². The highest BCUT2D eigenvalue weighted by atomic mass is 16.5. The van der Waals surface area contributed by atoms with E-state index >= 15 is 0 Å². The number of aryl methyl sites for hydroxylation is 1. The Hall–Kier alpha value is -3.41. The Kier molecular flexibility index (Phi) is 7.10. The van der Waals surface area contributed by atoms with Crippen molar-refractivity contribution in [2.75, 3.05) is 11.9 Å². The number of hydrogen-bond donors (Lipinski definition) is 4. The molecule has 2 aliphatic rings. The molecule has 2 aromatic carbocycles. The predicted octanol–water partition coefficient (Wildman–Crippen LogP) is 3.63. The molecule has 2 aromatic rings. The van der Waals surface area contributed by atoms with Gasteiger partial charge in [-0.15, -0.1) is 0 Å². The average molecular weight is 478 g/mol. The van der Waals surface area contributed by atoms with Crippen LogP contribution in [0, 0.1) is 17.2 Å². The van der Waals surface area contributed by atoms with E-state index in [-0.39, 0.29) is 29.7 Å².